The highest BCUT2D eigenvalue weighted by Crippen LogP contribution is 2.17. The lowest BCUT2D eigenvalue weighted by atomic mass is 10.3. The average Bonchev–Trinajstić information content (AvgIpc) is 3.01. The predicted octanol–water partition coefficient (Wildman–Crippen LogP) is 4.02. The zero-order valence-electron chi connectivity index (χ0n) is 14.4. The van der Waals surface area contributed by atoms with Gasteiger partial charge >= 0.3 is 0 Å². The Balaban J connectivity index is 1.65. The number of rotatable bonds is 6. The van der Waals surface area contributed by atoms with E-state index in [9.17, 15) is 0 Å². The lowest BCUT2D eigenvalue weighted by Gasteiger charge is -2.09. The van der Waals surface area contributed by atoms with Crippen molar-refractivity contribution in [1.29, 1.82) is 0 Å². The van der Waals surface area contributed by atoms with Crippen molar-refractivity contribution >= 4 is 17.3 Å². The van der Waals surface area contributed by atoms with Gasteiger partial charge in [0.25, 0.3) is 0 Å². The molecule has 0 radical (unpaired) electrons. The fourth-order valence-electron chi connectivity index (χ4n) is 2.38. The topological polar surface area (TPSA) is 64.9 Å². The van der Waals surface area contributed by atoms with Crippen molar-refractivity contribution in [2.24, 2.45) is 0 Å². The van der Waals surface area contributed by atoms with E-state index in [1.165, 1.54) is 0 Å². The second kappa shape index (κ2) is 7.53. The summed E-state index contributed by atoms with van der Waals surface area (Å²) in [6, 6.07) is 11.5. The number of anilines is 1. The van der Waals surface area contributed by atoms with Crippen LogP contribution >= 0.6 is 11.6 Å². The van der Waals surface area contributed by atoms with Gasteiger partial charge in [-0.25, -0.2) is 9.67 Å². The number of nitrogens with zero attached hydrogens (tertiary/aromatic N) is 4. The molecular weight excluding hydrogens is 338 g/mol. The summed E-state index contributed by atoms with van der Waals surface area (Å²) in [6.07, 6.45) is 2.04. The zero-order valence-corrected chi connectivity index (χ0v) is 15.2. The van der Waals surface area contributed by atoms with Crippen molar-refractivity contribution in [2.45, 2.75) is 33.4 Å². The molecule has 7 heteroatoms. The fraction of sp³-hybridized carbons (Fsp3) is 0.278. The minimum atomic E-state index is 0.153. The molecular formula is C18H20ClN5O. The third-order valence-corrected chi connectivity index (χ3v) is 3.60. The third-order valence-electron chi connectivity index (χ3n) is 3.41. The van der Waals surface area contributed by atoms with Crippen LogP contribution in [0.5, 0.6) is 5.75 Å². The first-order chi connectivity index (χ1) is 12.0. The Labute approximate surface area is 151 Å². The van der Waals surface area contributed by atoms with Crippen LogP contribution in [-0.4, -0.2) is 26.1 Å². The number of halogens is 1. The van der Waals surface area contributed by atoms with Gasteiger partial charge in [-0.3, -0.25) is 0 Å². The minimum Gasteiger partial charge on any atom is -0.491 e. The smallest absolute Gasteiger partial charge is 0.131 e. The summed E-state index contributed by atoms with van der Waals surface area (Å²) in [5, 5.41) is 12.1. The quantitative estimate of drug-likeness (QED) is 0.675. The van der Waals surface area contributed by atoms with Crippen LogP contribution in [0.4, 0.5) is 5.69 Å². The Kier molecular flexibility index (Phi) is 5.19. The summed E-state index contributed by atoms with van der Waals surface area (Å²) in [7, 11) is 0. The second-order valence-corrected chi connectivity index (χ2v) is 6.38. The number of hydrogen-bond donors (Lipinski definition) is 1. The van der Waals surface area contributed by atoms with Crippen LogP contribution in [0.25, 0.3) is 5.69 Å². The summed E-state index contributed by atoms with van der Waals surface area (Å²) in [5.41, 5.74) is 3.52. The largest absolute Gasteiger partial charge is 0.491 e. The molecule has 1 aromatic carbocycles. The van der Waals surface area contributed by atoms with Gasteiger partial charge in [0.05, 0.1) is 24.5 Å². The van der Waals surface area contributed by atoms with Crippen molar-refractivity contribution in [3.63, 3.8) is 0 Å². The molecule has 0 aliphatic rings. The Hall–Kier alpha value is -2.60. The van der Waals surface area contributed by atoms with E-state index in [2.05, 4.69) is 20.6 Å². The summed E-state index contributed by atoms with van der Waals surface area (Å²) in [4.78, 5) is 4.14. The van der Waals surface area contributed by atoms with Gasteiger partial charge in [0.1, 0.15) is 16.6 Å². The Morgan fingerprint density at radius 3 is 2.64 bits per heavy atom. The molecule has 25 heavy (non-hydrogen) atoms. The molecule has 0 saturated carbocycles. The number of ether oxygens (including phenoxy) is 1. The first kappa shape index (κ1) is 17.2. The molecule has 6 nitrogen and oxygen atoms in total. The van der Waals surface area contributed by atoms with E-state index >= 15 is 0 Å². The van der Waals surface area contributed by atoms with Gasteiger partial charge in [-0.2, -0.15) is 0 Å². The molecule has 2 heterocycles. The van der Waals surface area contributed by atoms with Crippen molar-refractivity contribution in [1.82, 2.24) is 20.0 Å². The number of hydrogen-bond acceptors (Lipinski definition) is 5. The van der Waals surface area contributed by atoms with E-state index in [4.69, 9.17) is 16.3 Å². The predicted molar refractivity (Wildman–Crippen MR) is 98.4 cm³/mol. The molecule has 0 spiro atoms. The molecule has 0 aliphatic heterocycles. The summed E-state index contributed by atoms with van der Waals surface area (Å²) in [5.74, 6) is 0.839. The van der Waals surface area contributed by atoms with Crippen LogP contribution in [0, 0.1) is 6.92 Å². The van der Waals surface area contributed by atoms with Crippen LogP contribution in [0.3, 0.4) is 0 Å². The van der Waals surface area contributed by atoms with Crippen LogP contribution in [0.2, 0.25) is 5.15 Å². The number of pyridine rings is 1. The molecule has 3 rings (SSSR count). The maximum Gasteiger partial charge on any atom is 0.131 e. The molecule has 0 fully saturated rings. The monoisotopic (exact) mass is 357 g/mol. The number of aryl methyl sites for hydroxylation is 1. The third kappa shape index (κ3) is 4.70. The van der Waals surface area contributed by atoms with E-state index in [-0.39, 0.29) is 6.10 Å². The number of aromatic nitrogens is 4. The Morgan fingerprint density at radius 1 is 1.20 bits per heavy atom. The molecule has 0 aliphatic carbocycles. The van der Waals surface area contributed by atoms with Gasteiger partial charge in [0.2, 0.25) is 0 Å². The maximum absolute atomic E-state index is 5.97. The summed E-state index contributed by atoms with van der Waals surface area (Å²) >= 11 is 5.97. The van der Waals surface area contributed by atoms with E-state index in [1.807, 2.05) is 57.3 Å². The molecule has 130 valence electrons. The van der Waals surface area contributed by atoms with E-state index < -0.39 is 0 Å². The summed E-state index contributed by atoms with van der Waals surface area (Å²) < 4.78 is 7.38. The fourth-order valence-corrected chi connectivity index (χ4v) is 2.63. The van der Waals surface area contributed by atoms with Gasteiger partial charge in [-0.1, -0.05) is 16.8 Å². The van der Waals surface area contributed by atoms with E-state index in [0.29, 0.717) is 11.7 Å². The molecule has 2 aromatic heterocycles. The van der Waals surface area contributed by atoms with Crippen molar-refractivity contribution in [3.8, 4) is 11.4 Å². The zero-order chi connectivity index (χ0) is 17.8. The van der Waals surface area contributed by atoms with E-state index in [0.717, 1.165) is 28.5 Å². The number of benzene rings is 1. The molecule has 3 aromatic rings. The van der Waals surface area contributed by atoms with Crippen molar-refractivity contribution < 1.29 is 4.74 Å². The molecule has 0 amide bonds. The van der Waals surface area contributed by atoms with Gasteiger partial charge in [0.15, 0.2) is 0 Å². The highest BCUT2D eigenvalue weighted by molar-refractivity contribution is 6.29. The maximum atomic E-state index is 5.97. The van der Waals surface area contributed by atoms with Crippen molar-refractivity contribution in [2.75, 3.05) is 5.32 Å². The molecule has 0 bridgehead atoms. The summed E-state index contributed by atoms with van der Waals surface area (Å²) in [6.45, 7) is 6.46. The normalized spacial score (nSPS) is 10.9. The van der Waals surface area contributed by atoms with Crippen LogP contribution in [0.15, 0.2) is 42.6 Å². The van der Waals surface area contributed by atoms with Crippen LogP contribution < -0.4 is 10.1 Å². The van der Waals surface area contributed by atoms with E-state index in [1.54, 1.807) is 10.7 Å². The molecule has 1 N–H and O–H groups in total. The second-order valence-electron chi connectivity index (χ2n) is 5.99. The average molecular weight is 358 g/mol. The van der Waals surface area contributed by atoms with Crippen LogP contribution in [-0.2, 0) is 6.54 Å². The lowest BCUT2D eigenvalue weighted by molar-refractivity contribution is 0.242. The van der Waals surface area contributed by atoms with Gasteiger partial charge in [-0.15, -0.1) is 5.10 Å². The molecule has 0 atom stereocenters. The first-order valence-corrected chi connectivity index (χ1v) is 8.44. The molecule has 0 saturated heterocycles. The minimum absolute atomic E-state index is 0.153. The van der Waals surface area contributed by atoms with Crippen molar-refractivity contribution in [3.05, 3.63) is 59.1 Å². The first-order valence-electron chi connectivity index (χ1n) is 8.06. The number of nitrogens with one attached hydrogen (secondary N) is 1. The Morgan fingerprint density at radius 2 is 1.96 bits per heavy atom. The lowest BCUT2D eigenvalue weighted by Crippen LogP contribution is -2.05. The van der Waals surface area contributed by atoms with Gasteiger partial charge in [0, 0.05) is 11.4 Å². The standard InChI is InChI=1S/C18H20ClN5O/c1-12(2)25-17-6-4-16(5-7-17)24-11-15(22-23-24)10-20-14-8-13(3)21-18(19)9-14/h4-9,11-12H,10H2,1-3H3,(H,20,21). The SMILES string of the molecule is Cc1cc(NCc2cn(-c3ccc(OC(C)C)cc3)nn2)cc(Cl)n1. The van der Waals surface area contributed by atoms with Gasteiger partial charge in [-0.05, 0) is 57.2 Å². The highest BCUT2D eigenvalue weighted by atomic mass is 35.5. The molecule has 0 unspecified atom stereocenters. The Bertz CT molecular complexity index is 825. The van der Waals surface area contributed by atoms with Gasteiger partial charge < -0.3 is 10.1 Å². The highest BCUT2D eigenvalue weighted by Gasteiger charge is 2.05. The van der Waals surface area contributed by atoms with Crippen LogP contribution in [0.1, 0.15) is 25.2 Å².